The van der Waals surface area contributed by atoms with Gasteiger partial charge in [0.1, 0.15) is 6.10 Å². The van der Waals surface area contributed by atoms with Gasteiger partial charge in [0.05, 0.1) is 12.2 Å². The Hall–Kier alpha value is -0.450. The summed E-state index contributed by atoms with van der Waals surface area (Å²) in [5.74, 6) is 0. The van der Waals surface area contributed by atoms with Crippen molar-refractivity contribution in [2.24, 2.45) is 0 Å². The quantitative estimate of drug-likeness (QED) is 0.578. The van der Waals surface area contributed by atoms with Crippen LogP contribution >= 0.6 is 0 Å². The average Bonchev–Trinajstić information content (AvgIpc) is 2.04. The molecule has 0 rings (SSSR count). The molecule has 0 saturated heterocycles. The summed E-state index contributed by atoms with van der Waals surface area (Å²) in [5.41, 5.74) is 0. The first-order valence-electron chi connectivity index (χ1n) is 3.84. The van der Waals surface area contributed by atoms with Crippen molar-refractivity contribution in [2.45, 2.75) is 31.7 Å². The van der Waals surface area contributed by atoms with E-state index < -0.39 is 12.2 Å². The monoisotopic (exact) mass is 176 g/mol. The van der Waals surface area contributed by atoms with Crippen molar-refractivity contribution in [3.05, 3.63) is 0 Å². The van der Waals surface area contributed by atoms with Gasteiger partial charge in [0, 0.05) is 20.6 Å². The molecule has 0 aliphatic carbocycles. The third-order valence-corrected chi connectivity index (χ3v) is 1.65. The van der Waals surface area contributed by atoms with Crippen LogP contribution in [-0.4, -0.2) is 43.9 Å². The molecule has 4 nitrogen and oxygen atoms in total. The summed E-state index contributed by atoms with van der Waals surface area (Å²) in [7, 11) is 2.93. The first-order chi connectivity index (χ1) is 5.65. The van der Waals surface area contributed by atoms with E-state index in [-0.39, 0.29) is 6.10 Å². The Morgan fingerprint density at radius 1 is 1.42 bits per heavy atom. The molecule has 4 heteroatoms. The van der Waals surface area contributed by atoms with E-state index in [1.807, 2.05) is 0 Å². The van der Waals surface area contributed by atoms with E-state index in [4.69, 9.17) is 14.6 Å². The molecular formula is C8H16O4. The van der Waals surface area contributed by atoms with Crippen molar-refractivity contribution in [3.63, 3.8) is 0 Å². The standard InChI is InChI=1S/C8H16O4/c1-6(10)4-7(11-2)8(5-9)12-3/h5-8,10H,4H2,1-3H3/t6-,7-,8+/m0/s1. The lowest BCUT2D eigenvalue weighted by molar-refractivity contribution is -0.126. The van der Waals surface area contributed by atoms with Crippen LogP contribution in [0, 0.1) is 0 Å². The first kappa shape index (κ1) is 11.6. The maximum Gasteiger partial charge on any atom is 0.151 e. The minimum atomic E-state index is -0.593. The van der Waals surface area contributed by atoms with Crippen LogP contribution in [0.15, 0.2) is 0 Å². The zero-order valence-electron chi connectivity index (χ0n) is 7.69. The molecule has 0 aliphatic rings. The van der Waals surface area contributed by atoms with Crippen molar-refractivity contribution in [3.8, 4) is 0 Å². The minimum absolute atomic E-state index is 0.368. The molecule has 0 spiro atoms. The zero-order chi connectivity index (χ0) is 9.56. The van der Waals surface area contributed by atoms with Gasteiger partial charge < -0.3 is 19.4 Å². The highest BCUT2D eigenvalue weighted by molar-refractivity contribution is 5.57. The summed E-state index contributed by atoms with van der Waals surface area (Å²) in [5, 5.41) is 9.04. The van der Waals surface area contributed by atoms with E-state index in [1.54, 1.807) is 6.92 Å². The molecule has 72 valence electrons. The number of aldehydes is 1. The number of rotatable bonds is 6. The molecule has 0 fully saturated rings. The molecule has 0 radical (unpaired) electrons. The largest absolute Gasteiger partial charge is 0.393 e. The number of hydrogen-bond acceptors (Lipinski definition) is 4. The highest BCUT2D eigenvalue weighted by Crippen LogP contribution is 2.07. The van der Waals surface area contributed by atoms with Crippen LogP contribution in [0.25, 0.3) is 0 Å². The second-order valence-electron chi connectivity index (χ2n) is 2.70. The van der Waals surface area contributed by atoms with Crippen LogP contribution in [-0.2, 0) is 14.3 Å². The van der Waals surface area contributed by atoms with Gasteiger partial charge in [0.2, 0.25) is 0 Å². The smallest absolute Gasteiger partial charge is 0.151 e. The topological polar surface area (TPSA) is 55.8 Å². The van der Waals surface area contributed by atoms with Crippen molar-refractivity contribution in [1.82, 2.24) is 0 Å². The van der Waals surface area contributed by atoms with Gasteiger partial charge >= 0.3 is 0 Å². The molecule has 3 atom stereocenters. The second kappa shape index (κ2) is 6.11. The Labute approximate surface area is 72.5 Å². The lowest BCUT2D eigenvalue weighted by atomic mass is 10.1. The van der Waals surface area contributed by atoms with Gasteiger partial charge in [-0.2, -0.15) is 0 Å². The van der Waals surface area contributed by atoms with E-state index in [2.05, 4.69) is 0 Å². The number of carbonyl (C=O) groups excluding carboxylic acids is 1. The predicted molar refractivity (Wildman–Crippen MR) is 44.0 cm³/mol. The molecule has 0 unspecified atom stereocenters. The highest BCUT2D eigenvalue weighted by Gasteiger charge is 2.21. The normalized spacial score (nSPS) is 18.3. The summed E-state index contributed by atoms with van der Waals surface area (Å²) in [4.78, 5) is 10.4. The van der Waals surface area contributed by atoms with Crippen molar-refractivity contribution in [2.75, 3.05) is 14.2 Å². The number of methoxy groups -OCH3 is 2. The van der Waals surface area contributed by atoms with Gasteiger partial charge in [-0.3, -0.25) is 0 Å². The van der Waals surface area contributed by atoms with E-state index in [0.717, 1.165) is 0 Å². The van der Waals surface area contributed by atoms with E-state index >= 15 is 0 Å². The Morgan fingerprint density at radius 2 is 2.00 bits per heavy atom. The van der Waals surface area contributed by atoms with Crippen molar-refractivity contribution < 1.29 is 19.4 Å². The summed E-state index contributed by atoms with van der Waals surface area (Å²) in [6, 6.07) is 0. The Morgan fingerprint density at radius 3 is 2.25 bits per heavy atom. The minimum Gasteiger partial charge on any atom is -0.393 e. The number of ether oxygens (including phenoxy) is 2. The third kappa shape index (κ3) is 3.80. The molecule has 0 amide bonds. The molecular weight excluding hydrogens is 160 g/mol. The fraction of sp³-hybridized carbons (Fsp3) is 0.875. The second-order valence-corrected chi connectivity index (χ2v) is 2.70. The molecule has 1 N–H and O–H groups in total. The fourth-order valence-electron chi connectivity index (χ4n) is 0.996. The summed E-state index contributed by atoms with van der Waals surface area (Å²) in [6.07, 6.45) is -0.380. The Balaban J connectivity index is 4.01. The SMILES string of the molecule is CO[C@@H](C[C@H](C)O)[C@@H](C=O)OC. The maximum absolute atomic E-state index is 10.4. The Kier molecular flexibility index (Phi) is 5.88. The summed E-state index contributed by atoms with van der Waals surface area (Å²) < 4.78 is 9.84. The van der Waals surface area contributed by atoms with Crippen molar-refractivity contribution >= 4 is 6.29 Å². The fourth-order valence-corrected chi connectivity index (χ4v) is 0.996. The van der Waals surface area contributed by atoms with Gasteiger partial charge in [-0.15, -0.1) is 0 Å². The number of aliphatic hydroxyl groups is 1. The van der Waals surface area contributed by atoms with Crippen LogP contribution < -0.4 is 0 Å². The third-order valence-electron chi connectivity index (χ3n) is 1.65. The molecule has 0 aromatic carbocycles. The summed E-state index contributed by atoms with van der Waals surface area (Å²) in [6.45, 7) is 1.64. The van der Waals surface area contributed by atoms with Gasteiger partial charge in [0.25, 0.3) is 0 Å². The summed E-state index contributed by atoms with van der Waals surface area (Å²) >= 11 is 0. The van der Waals surface area contributed by atoms with E-state index in [1.165, 1.54) is 14.2 Å². The van der Waals surface area contributed by atoms with Gasteiger partial charge in [-0.1, -0.05) is 0 Å². The molecule has 0 saturated carbocycles. The van der Waals surface area contributed by atoms with Gasteiger partial charge in [-0.05, 0) is 6.92 Å². The van der Waals surface area contributed by atoms with E-state index in [0.29, 0.717) is 12.7 Å². The van der Waals surface area contributed by atoms with E-state index in [9.17, 15) is 4.79 Å². The molecule has 0 aromatic heterocycles. The first-order valence-corrected chi connectivity index (χ1v) is 3.84. The molecule has 0 bridgehead atoms. The highest BCUT2D eigenvalue weighted by atomic mass is 16.5. The number of carbonyl (C=O) groups is 1. The molecule has 0 aliphatic heterocycles. The van der Waals surface area contributed by atoms with Gasteiger partial charge in [0.15, 0.2) is 6.29 Å². The molecule has 0 heterocycles. The van der Waals surface area contributed by atoms with Crippen LogP contribution in [0.2, 0.25) is 0 Å². The lowest BCUT2D eigenvalue weighted by Crippen LogP contribution is -2.33. The van der Waals surface area contributed by atoms with Crippen LogP contribution in [0.4, 0.5) is 0 Å². The molecule has 0 aromatic rings. The maximum atomic E-state index is 10.4. The zero-order valence-corrected chi connectivity index (χ0v) is 7.69. The Bertz CT molecular complexity index is 124. The van der Waals surface area contributed by atoms with Crippen LogP contribution in [0.3, 0.4) is 0 Å². The van der Waals surface area contributed by atoms with Gasteiger partial charge in [-0.25, -0.2) is 0 Å². The van der Waals surface area contributed by atoms with Crippen molar-refractivity contribution in [1.29, 1.82) is 0 Å². The number of aliphatic hydroxyl groups excluding tert-OH is 1. The lowest BCUT2D eigenvalue weighted by Gasteiger charge is -2.21. The predicted octanol–water partition coefficient (Wildman–Crippen LogP) is -0.0138. The average molecular weight is 176 g/mol. The molecule has 12 heavy (non-hydrogen) atoms. The van der Waals surface area contributed by atoms with Crippen LogP contribution in [0.1, 0.15) is 13.3 Å². The van der Waals surface area contributed by atoms with Crippen LogP contribution in [0.5, 0.6) is 0 Å². The number of hydrogen-bond donors (Lipinski definition) is 1.